The number of amides is 1. The number of rotatable bonds is 4. The van der Waals surface area contributed by atoms with Gasteiger partial charge in [-0.15, -0.1) is 0 Å². The molecule has 0 unspecified atom stereocenters. The van der Waals surface area contributed by atoms with E-state index in [1.807, 2.05) is 26.0 Å². The Morgan fingerprint density at radius 3 is 2.33 bits per heavy atom. The summed E-state index contributed by atoms with van der Waals surface area (Å²) >= 11 is 0. The van der Waals surface area contributed by atoms with E-state index >= 15 is 0 Å². The van der Waals surface area contributed by atoms with Gasteiger partial charge in [-0.2, -0.15) is 0 Å². The molecule has 1 saturated carbocycles. The van der Waals surface area contributed by atoms with Crippen molar-refractivity contribution in [3.05, 3.63) is 23.3 Å². The fourth-order valence-electron chi connectivity index (χ4n) is 2.28. The maximum absolute atomic E-state index is 12.1. The summed E-state index contributed by atoms with van der Waals surface area (Å²) in [6.45, 7) is 4.36. The van der Waals surface area contributed by atoms with Gasteiger partial charge in [-0.1, -0.05) is 0 Å². The second-order valence-corrected chi connectivity index (χ2v) is 5.08. The van der Waals surface area contributed by atoms with Crippen LogP contribution in [-0.4, -0.2) is 19.6 Å². The predicted molar refractivity (Wildman–Crippen MR) is 71.8 cm³/mol. The number of nitrogens with two attached hydrogens (primary N) is 1. The number of hydrogen-bond donors (Lipinski definition) is 2. The van der Waals surface area contributed by atoms with Crippen LogP contribution in [0.4, 0.5) is 5.69 Å². The summed E-state index contributed by atoms with van der Waals surface area (Å²) < 4.78 is 5.30. The Bertz CT molecular complexity index is 456. The minimum Gasteiger partial charge on any atom is -0.496 e. The maximum Gasteiger partial charge on any atom is 0.231 e. The molecule has 0 spiro atoms. The summed E-state index contributed by atoms with van der Waals surface area (Å²) in [6.07, 6.45) is 1.78. The lowest BCUT2D eigenvalue weighted by atomic mass is 10.1. The van der Waals surface area contributed by atoms with E-state index in [1.165, 1.54) is 0 Å². The first-order chi connectivity index (χ1) is 8.52. The molecule has 0 aliphatic heterocycles. The highest BCUT2D eigenvalue weighted by molar-refractivity contribution is 5.97. The Hall–Kier alpha value is -1.55. The molecule has 98 valence electrons. The highest BCUT2D eigenvalue weighted by Crippen LogP contribution is 2.45. The van der Waals surface area contributed by atoms with Gasteiger partial charge >= 0.3 is 0 Å². The molecule has 4 heteroatoms. The minimum atomic E-state index is -0.318. The SMILES string of the molecule is COc1c(C)cc(NC(=O)C2(CN)CC2)cc1C. The predicted octanol–water partition coefficient (Wildman–Crippen LogP) is 1.99. The van der Waals surface area contributed by atoms with E-state index in [4.69, 9.17) is 10.5 Å². The number of ether oxygens (including phenoxy) is 1. The standard InChI is InChI=1S/C14H20N2O2/c1-9-6-11(7-10(2)12(9)18-3)16-13(17)14(8-15)4-5-14/h6-7H,4-5,8,15H2,1-3H3,(H,16,17). The number of nitrogens with one attached hydrogen (secondary N) is 1. The van der Waals surface area contributed by atoms with E-state index < -0.39 is 0 Å². The third kappa shape index (κ3) is 2.20. The van der Waals surface area contributed by atoms with Crippen molar-refractivity contribution in [3.8, 4) is 5.75 Å². The van der Waals surface area contributed by atoms with Crippen molar-refractivity contribution in [2.45, 2.75) is 26.7 Å². The molecule has 0 aromatic heterocycles. The Morgan fingerprint density at radius 2 is 1.94 bits per heavy atom. The molecule has 1 fully saturated rings. The molecule has 3 N–H and O–H groups in total. The van der Waals surface area contributed by atoms with Crippen LogP contribution in [0.3, 0.4) is 0 Å². The van der Waals surface area contributed by atoms with Crippen molar-refractivity contribution in [3.63, 3.8) is 0 Å². The Morgan fingerprint density at radius 1 is 1.39 bits per heavy atom. The van der Waals surface area contributed by atoms with Crippen molar-refractivity contribution in [1.82, 2.24) is 0 Å². The first-order valence-corrected chi connectivity index (χ1v) is 6.19. The molecule has 0 atom stereocenters. The van der Waals surface area contributed by atoms with E-state index in [1.54, 1.807) is 7.11 Å². The van der Waals surface area contributed by atoms with Crippen LogP contribution in [0, 0.1) is 19.3 Å². The Kier molecular flexibility index (Phi) is 3.30. The number of hydrogen-bond acceptors (Lipinski definition) is 3. The van der Waals surface area contributed by atoms with Gasteiger partial charge in [0.2, 0.25) is 5.91 Å². The summed E-state index contributed by atoms with van der Waals surface area (Å²) in [5.74, 6) is 0.905. The van der Waals surface area contributed by atoms with Crippen molar-refractivity contribution < 1.29 is 9.53 Å². The topological polar surface area (TPSA) is 64.3 Å². The number of carbonyl (C=O) groups excluding carboxylic acids is 1. The van der Waals surface area contributed by atoms with Gasteiger partial charge in [-0.3, -0.25) is 4.79 Å². The van der Waals surface area contributed by atoms with Crippen molar-refractivity contribution in [1.29, 1.82) is 0 Å². The fourth-order valence-corrected chi connectivity index (χ4v) is 2.28. The van der Waals surface area contributed by atoms with Crippen molar-refractivity contribution in [2.24, 2.45) is 11.1 Å². The smallest absolute Gasteiger partial charge is 0.231 e. The second kappa shape index (κ2) is 4.61. The van der Waals surface area contributed by atoms with E-state index in [0.29, 0.717) is 6.54 Å². The van der Waals surface area contributed by atoms with Crippen LogP contribution >= 0.6 is 0 Å². The zero-order valence-electron chi connectivity index (χ0n) is 11.2. The lowest BCUT2D eigenvalue weighted by Crippen LogP contribution is -2.30. The minimum absolute atomic E-state index is 0.0361. The highest BCUT2D eigenvalue weighted by Gasteiger charge is 2.48. The van der Waals surface area contributed by atoms with E-state index in [-0.39, 0.29) is 11.3 Å². The third-order valence-corrected chi connectivity index (χ3v) is 3.65. The highest BCUT2D eigenvalue weighted by atomic mass is 16.5. The average molecular weight is 248 g/mol. The van der Waals surface area contributed by atoms with E-state index in [9.17, 15) is 4.79 Å². The van der Waals surface area contributed by atoms with Crippen LogP contribution in [0.1, 0.15) is 24.0 Å². The lowest BCUT2D eigenvalue weighted by molar-refractivity contribution is -0.120. The van der Waals surface area contributed by atoms with Crippen LogP contribution in [-0.2, 0) is 4.79 Å². The largest absolute Gasteiger partial charge is 0.496 e. The lowest BCUT2D eigenvalue weighted by Gasteiger charge is -2.15. The number of carbonyl (C=O) groups is 1. The second-order valence-electron chi connectivity index (χ2n) is 5.08. The van der Waals surface area contributed by atoms with Crippen LogP contribution in [0.15, 0.2) is 12.1 Å². The Labute approximate surface area is 108 Å². The molecule has 18 heavy (non-hydrogen) atoms. The summed E-state index contributed by atoms with van der Waals surface area (Å²) in [4.78, 5) is 12.1. The Balaban J connectivity index is 2.18. The molecule has 1 aromatic carbocycles. The first kappa shape index (κ1) is 12.9. The van der Waals surface area contributed by atoms with Crippen molar-refractivity contribution >= 4 is 11.6 Å². The number of methoxy groups -OCH3 is 1. The van der Waals surface area contributed by atoms with Crippen LogP contribution in [0.25, 0.3) is 0 Å². The van der Waals surface area contributed by atoms with E-state index in [2.05, 4.69) is 5.32 Å². The van der Waals surface area contributed by atoms with Crippen LogP contribution < -0.4 is 15.8 Å². The van der Waals surface area contributed by atoms with Gasteiger partial charge in [-0.05, 0) is 49.9 Å². The molecule has 0 saturated heterocycles. The molecule has 1 aliphatic carbocycles. The summed E-state index contributed by atoms with van der Waals surface area (Å²) in [7, 11) is 1.65. The van der Waals surface area contributed by atoms with E-state index in [0.717, 1.165) is 35.4 Å². The summed E-state index contributed by atoms with van der Waals surface area (Å²) in [5, 5.41) is 2.95. The molecule has 4 nitrogen and oxygen atoms in total. The van der Waals surface area contributed by atoms with Gasteiger partial charge in [0.25, 0.3) is 0 Å². The molecule has 2 rings (SSSR count). The molecule has 1 aliphatic rings. The van der Waals surface area contributed by atoms with Gasteiger partial charge in [0.15, 0.2) is 0 Å². The molecular formula is C14H20N2O2. The monoisotopic (exact) mass is 248 g/mol. The molecule has 1 amide bonds. The zero-order chi connectivity index (χ0) is 13.3. The average Bonchev–Trinajstić information content (AvgIpc) is 3.09. The molecule has 1 aromatic rings. The van der Waals surface area contributed by atoms with Gasteiger partial charge in [0, 0.05) is 12.2 Å². The normalized spacial score (nSPS) is 16.2. The van der Waals surface area contributed by atoms with Gasteiger partial charge < -0.3 is 15.8 Å². The number of benzene rings is 1. The van der Waals surface area contributed by atoms with Gasteiger partial charge in [0.05, 0.1) is 12.5 Å². The summed E-state index contributed by atoms with van der Waals surface area (Å²) in [5.41, 5.74) is 8.18. The van der Waals surface area contributed by atoms with Crippen LogP contribution in [0.2, 0.25) is 0 Å². The number of anilines is 1. The quantitative estimate of drug-likeness (QED) is 0.856. The summed E-state index contributed by atoms with van der Waals surface area (Å²) in [6, 6.07) is 3.85. The third-order valence-electron chi connectivity index (χ3n) is 3.65. The first-order valence-electron chi connectivity index (χ1n) is 6.19. The van der Waals surface area contributed by atoms with Crippen LogP contribution in [0.5, 0.6) is 5.75 Å². The molecule has 0 radical (unpaired) electrons. The molecule has 0 heterocycles. The molecule has 0 bridgehead atoms. The fraction of sp³-hybridized carbons (Fsp3) is 0.500. The maximum atomic E-state index is 12.1. The number of aryl methyl sites for hydroxylation is 2. The van der Waals surface area contributed by atoms with Gasteiger partial charge in [-0.25, -0.2) is 0 Å². The van der Waals surface area contributed by atoms with Gasteiger partial charge in [0.1, 0.15) is 5.75 Å². The van der Waals surface area contributed by atoms with Crippen molar-refractivity contribution in [2.75, 3.05) is 19.0 Å². The molecular weight excluding hydrogens is 228 g/mol. The zero-order valence-corrected chi connectivity index (χ0v) is 11.2.